The number of likely N-dealkylation sites (tertiary alicyclic amines) is 1. The van der Waals surface area contributed by atoms with Gasteiger partial charge in [-0.1, -0.05) is 19.9 Å². The van der Waals surface area contributed by atoms with Gasteiger partial charge in [0, 0.05) is 18.5 Å². The average Bonchev–Trinajstić information content (AvgIpc) is 2.84. The molecule has 1 aromatic carbocycles. The van der Waals surface area contributed by atoms with E-state index in [1.165, 1.54) is 0 Å². The van der Waals surface area contributed by atoms with Gasteiger partial charge in [0.1, 0.15) is 6.10 Å². The standard InChI is InChI=1S/C16H25NO3/c1-16(2,11-18)12-5-6-14(15(9-12)19-4)20-13-7-8-17(3)10-13/h5-6,9,13,18H,7-8,10-11H2,1-4H3. The number of ether oxygens (including phenoxy) is 2. The highest BCUT2D eigenvalue weighted by atomic mass is 16.5. The van der Waals surface area contributed by atoms with Crippen molar-refractivity contribution < 1.29 is 14.6 Å². The number of aliphatic hydroxyl groups excluding tert-OH is 1. The lowest BCUT2D eigenvalue weighted by Crippen LogP contribution is -2.23. The maximum atomic E-state index is 9.46. The Labute approximate surface area is 121 Å². The number of rotatable bonds is 5. The highest BCUT2D eigenvalue weighted by Crippen LogP contribution is 2.34. The molecule has 0 spiro atoms. The zero-order valence-corrected chi connectivity index (χ0v) is 12.8. The van der Waals surface area contributed by atoms with Crippen LogP contribution in [-0.2, 0) is 5.41 Å². The summed E-state index contributed by atoms with van der Waals surface area (Å²) in [6.45, 7) is 6.14. The number of methoxy groups -OCH3 is 1. The second-order valence-corrected chi connectivity index (χ2v) is 6.20. The van der Waals surface area contributed by atoms with Crippen molar-refractivity contribution in [3.63, 3.8) is 0 Å². The zero-order chi connectivity index (χ0) is 14.8. The molecule has 112 valence electrons. The van der Waals surface area contributed by atoms with Crippen molar-refractivity contribution >= 4 is 0 Å². The Bertz CT molecular complexity index is 459. The van der Waals surface area contributed by atoms with Gasteiger partial charge in [-0.2, -0.15) is 0 Å². The van der Waals surface area contributed by atoms with Gasteiger partial charge in [0.25, 0.3) is 0 Å². The predicted molar refractivity (Wildman–Crippen MR) is 79.6 cm³/mol. The lowest BCUT2D eigenvalue weighted by Gasteiger charge is -2.24. The van der Waals surface area contributed by atoms with E-state index >= 15 is 0 Å². The van der Waals surface area contributed by atoms with Crippen molar-refractivity contribution in [1.29, 1.82) is 0 Å². The van der Waals surface area contributed by atoms with E-state index in [-0.39, 0.29) is 18.1 Å². The summed E-state index contributed by atoms with van der Waals surface area (Å²) < 4.78 is 11.5. The normalized spacial score (nSPS) is 20.1. The van der Waals surface area contributed by atoms with Crippen LogP contribution in [0.1, 0.15) is 25.8 Å². The van der Waals surface area contributed by atoms with Crippen LogP contribution in [0.4, 0.5) is 0 Å². The van der Waals surface area contributed by atoms with E-state index in [2.05, 4.69) is 11.9 Å². The van der Waals surface area contributed by atoms with Gasteiger partial charge >= 0.3 is 0 Å². The summed E-state index contributed by atoms with van der Waals surface area (Å²) in [5, 5.41) is 9.46. The average molecular weight is 279 g/mol. The van der Waals surface area contributed by atoms with E-state index in [1.807, 2.05) is 32.0 Å². The first-order chi connectivity index (χ1) is 9.46. The third-order valence-corrected chi connectivity index (χ3v) is 3.98. The van der Waals surface area contributed by atoms with Crippen molar-refractivity contribution in [2.75, 3.05) is 33.9 Å². The molecule has 0 amide bonds. The highest BCUT2D eigenvalue weighted by Gasteiger charge is 2.24. The molecule has 0 aliphatic carbocycles. The van der Waals surface area contributed by atoms with E-state index in [0.29, 0.717) is 0 Å². The summed E-state index contributed by atoms with van der Waals surface area (Å²) in [5.41, 5.74) is 0.770. The van der Waals surface area contributed by atoms with E-state index in [0.717, 1.165) is 36.6 Å². The first-order valence-electron chi connectivity index (χ1n) is 7.11. The van der Waals surface area contributed by atoms with Gasteiger partial charge in [0.2, 0.25) is 0 Å². The molecule has 1 aliphatic rings. The van der Waals surface area contributed by atoms with Gasteiger partial charge in [-0.3, -0.25) is 0 Å². The first-order valence-corrected chi connectivity index (χ1v) is 7.11. The van der Waals surface area contributed by atoms with E-state index in [4.69, 9.17) is 9.47 Å². The molecule has 1 N–H and O–H groups in total. The number of nitrogens with zero attached hydrogens (tertiary/aromatic N) is 1. The van der Waals surface area contributed by atoms with Crippen LogP contribution in [0.15, 0.2) is 18.2 Å². The molecule has 2 rings (SSSR count). The van der Waals surface area contributed by atoms with Crippen LogP contribution in [-0.4, -0.2) is 50.0 Å². The lowest BCUT2D eigenvalue weighted by atomic mass is 9.85. The van der Waals surface area contributed by atoms with Crippen LogP contribution in [0, 0.1) is 0 Å². The first kappa shape index (κ1) is 15.1. The van der Waals surface area contributed by atoms with Crippen LogP contribution in [0.2, 0.25) is 0 Å². The topological polar surface area (TPSA) is 41.9 Å². The number of hydrogen-bond donors (Lipinski definition) is 1. The molecule has 1 aliphatic heterocycles. The Morgan fingerprint density at radius 2 is 2.10 bits per heavy atom. The SMILES string of the molecule is COc1cc(C(C)(C)CO)ccc1OC1CCN(C)C1. The van der Waals surface area contributed by atoms with Gasteiger partial charge in [-0.05, 0) is 31.2 Å². The van der Waals surface area contributed by atoms with Crippen molar-refractivity contribution in [1.82, 2.24) is 4.90 Å². The molecule has 1 aromatic rings. The van der Waals surface area contributed by atoms with Crippen LogP contribution >= 0.6 is 0 Å². The third-order valence-electron chi connectivity index (χ3n) is 3.98. The molecule has 1 unspecified atom stereocenters. The van der Waals surface area contributed by atoms with Gasteiger partial charge in [0.05, 0.1) is 13.7 Å². The summed E-state index contributed by atoms with van der Waals surface area (Å²) in [4.78, 5) is 2.26. The zero-order valence-electron chi connectivity index (χ0n) is 12.8. The molecule has 0 bridgehead atoms. The van der Waals surface area contributed by atoms with Crippen LogP contribution in [0.5, 0.6) is 11.5 Å². The van der Waals surface area contributed by atoms with E-state index in [1.54, 1.807) is 7.11 Å². The maximum absolute atomic E-state index is 9.46. The minimum absolute atomic E-state index is 0.101. The summed E-state index contributed by atoms with van der Waals surface area (Å²) in [7, 11) is 3.76. The summed E-state index contributed by atoms with van der Waals surface area (Å²) in [6.07, 6.45) is 1.27. The van der Waals surface area contributed by atoms with Crippen LogP contribution in [0.3, 0.4) is 0 Å². The van der Waals surface area contributed by atoms with Crippen molar-refractivity contribution in [2.45, 2.75) is 31.8 Å². The second kappa shape index (κ2) is 6.02. The molecule has 1 fully saturated rings. The second-order valence-electron chi connectivity index (χ2n) is 6.20. The molecule has 1 atom stereocenters. The van der Waals surface area contributed by atoms with E-state index < -0.39 is 0 Å². The summed E-state index contributed by atoms with van der Waals surface area (Å²) in [5.74, 6) is 1.52. The molecule has 4 nitrogen and oxygen atoms in total. The van der Waals surface area contributed by atoms with Crippen molar-refractivity contribution in [3.05, 3.63) is 23.8 Å². The summed E-state index contributed by atoms with van der Waals surface area (Å²) >= 11 is 0. The van der Waals surface area contributed by atoms with Crippen LogP contribution in [0.25, 0.3) is 0 Å². The molecule has 0 aromatic heterocycles. The molecule has 0 saturated carbocycles. The molecular weight excluding hydrogens is 254 g/mol. The largest absolute Gasteiger partial charge is 0.493 e. The fourth-order valence-electron chi connectivity index (χ4n) is 2.45. The minimum atomic E-state index is -0.278. The molecular formula is C16H25NO3. The smallest absolute Gasteiger partial charge is 0.161 e. The number of hydrogen-bond acceptors (Lipinski definition) is 4. The molecule has 1 saturated heterocycles. The highest BCUT2D eigenvalue weighted by molar-refractivity contribution is 5.45. The maximum Gasteiger partial charge on any atom is 0.161 e. The van der Waals surface area contributed by atoms with Crippen molar-refractivity contribution in [3.8, 4) is 11.5 Å². The minimum Gasteiger partial charge on any atom is -0.493 e. The molecule has 4 heteroatoms. The Morgan fingerprint density at radius 1 is 1.35 bits per heavy atom. The van der Waals surface area contributed by atoms with Crippen LogP contribution < -0.4 is 9.47 Å². The number of benzene rings is 1. The number of aliphatic hydroxyl groups is 1. The van der Waals surface area contributed by atoms with E-state index in [9.17, 15) is 5.11 Å². The quantitative estimate of drug-likeness (QED) is 0.895. The van der Waals surface area contributed by atoms with Gasteiger partial charge < -0.3 is 19.5 Å². The Kier molecular flexibility index (Phi) is 4.55. The monoisotopic (exact) mass is 279 g/mol. The third kappa shape index (κ3) is 3.25. The van der Waals surface area contributed by atoms with Gasteiger partial charge in [-0.25, -0.2) is 0 Å². The molecule has 0 radical (unpaired) electrons. The molecule has 1 heterocycles. The predicted octanol–water partition coefficient (Wildman–Crippen LogP) is 2.05. The van der Waals surface area contributed by atoms with Gasteiger partial charge in [-0.15, -0.1) is 0 Å². The van der Waals surface area contributed by atoms with Crippen molar-refractivity contribution in [2.24, 2.45) is 0 Å². The Morgan fingerprint density at radius 3 is 2.65 bits per heavy atom. The Hall–Kier alpha value is -1.26. The number of likely N-dealkylation sites (N-methyl/N-ethyl adjacent to an activating group) is 1. The fourth-order valence-corrected chi connectivity index (χ4v) is 2.45. The molecule has 20 heavy (non-hydrogen) atoms. The Balaban J connectivity index is 2.18. The van der Waals surface area contributed by atoms with Gasteiger partial charge in [0.15, 0.2) is 11.5 Å². The fraction of sp³-hybridized carbons (Fsp3) is 0.625. The lowest BCUT2D eigenvalue weighted by molar-refractivity contribution is 0.198. The summed E-state index contributed by atoms with van der Waals surface area (Å²) in [6, 6.07) is 5.92.